The molecular weight excluding hydrogens is 302 g/mol. The highest BCUT2D eigenvalue weighted by Gasteiger charge is 2.36. The van der Waals surface area contributed by atoms with E-state index in [0.29, 0.717) is 13.1 Å². The Morgan fingerprint density at radius 2 is 1.68 bits per heavy atom. The first-order valence-electron chi connectivity index (χ1n) is 8.45. The van der Waals surface area contributed by atoms with E-state index in [9.17, 15) is 13.2 Å². The number of amides is 1. The van der Waals surface area contributed by atoms with Gasteiger partial charge in [0.1, 0.15) is 5.25 Å². The van der Waals surface area contributed by atoms with E-state index in [1.165, 1.54) is 6.42 Å². The molecule has 1 saturated heterocycles. The van der Waals surface area contributed by atoms with Gasteiger partial charge in [0.05, 0.1) is 18.0 Å². The lowest BCUT2D eigenvalue weighted by atomic mass is 9.91. The Morgan fingerprint density at radius 3 is 2.23 bits per heavy atom. The number of carbonyl (C=O) groups is 1. The van der Waals surface area contributed by atoms with Crippen molar-refractivity contribution >= 4 is 15.7 Å². The van der Waals surface area contributed by atoms with Crippen molar-refractivity contribution in [2.45, 2.75) is 70.3 Å². The highest BCUT2D eigenvalue weighted by molar-refractivity contribution is 7.92. The van der Waals surface area contributed by atoms with Crippen molar-refractivity contribution in [2.75, 3.05) is 18.8 Å². The molecule has 1 heterocycles. The minimum Gasteiger partial charge on any atom is -0.372 e. The topological polar surface area (TPSA) is 63.7 Å². The first kappa shape index (κ1) is 17.7. The number of ether oxygens (including phenoxy) is 1. The van der Waals surface area contributed by atoms with Gasteiger partial charge >= 0.3 is 0 Å². The predicted molar refractivity (Wildman–Crippen MR) is 86.4 cm³/mol. The second-order valence-corrected chi connectivity index (χ2v) is 9.34. The number of hydrogen-bond donors (Lipinski definition) is 0. The molecule has 0 N–H and O–H groups in total. The smallest absolute Gasteiger partial charge is 0.240 e. The number of carbonyl (C=O) groups excluding carboxylic acids is 1. The van der Waals surface area contributed by atoms with Gasteiger partial charge < -0.3 is 9.64 Å². The molecule has 0 unspecified atom stereocenters. The van der Waals surface area contributed by atoms with Gasteiger partial charge in [-0.05, 0) is 39.5 Å². The van der Waals surface area contributed by atoms with Crippen LogP contribution in [0, 0.1) is 5.92 Å². The Labute approximate surface area is 134 Å². The summed E-state index contributed by atoms with van der Waals surface area (Å²) in [6, 6.07) is 0. The minimum atomic E-state index is -3.38. The van der Waals surface area contributed by atoms with Crippen LogP contribution in [0.3, 0.4) is 0 Å². The predicted octanol–water partition coefficient (Wildman–Crippen LogP) is 2.01. The molecule has 1 saturated carbocycles. The van der Waals surface area contributed by atoms with Gasteiger partial charge in [-0.15, -0.1) is 0 Å². The Bertz CT molecular complexity index is 474. The summed E-state index contributed by atoms with van der Waals surface area (Å²) in [5, 5.41) is -0.938. The van der Waals surface area contributed by atoms with Crippen LogP contribution in [0.2, 0.25) is 0 Å². The zero-order chi connectivity index (χ0) is 16.3. The molecule has 5 nitrogen and oxygen atoms in total. The van der Waals surface area contributed by atoms with E-state index in [-0.39, 0.29) is 29.8 Å². The lowest BCUT2D eigenvalue weighted by molar-refractivity contribution is -0.142. The molecule has 2 fully saturated rings. The molecule has 3 atom stereocenters. The molecule has 0 aromatic heterocycles. The van der Waals surface area contributed by atoms with E-state index in [1.807, 2.05) is 13.8 Å². The summed E-state index contributed by atoms with van der Waals surface area (Å²) in [4.78, 5) is 14.2. The molecule has 1 amide bonds. The normalized spacial score (nSPS) is 29.3. The fraction of sp³-hybridized carbons (Fsp3) is 0.938. The summed E-state index contributed by atoms with van der Waals surface area (Å²) < 4.78 is 30.7. The molecule has 0 aromatic carbocycles. The summed E-state index contributed by atoms with van der Waals surface area (Å²) in [6.07, 6.45) is 5.30. The molecule has 2 aliphatic rings. The van der Waals surface area contributed by atoms with Crippen LogP contribution < -0.4 is 0 Å². The number of rotatable bonds is 4. The summed E-state index contributed by atoms with van der Waals surface area (Å²) >= 11 is 0. The third kappa shape index (κ3) is 4.44. The monoisotopic (exact) mass is 331 g/mol. The molecule has 6 heteroatoms. The van der Waals surface area contributed by atoms with Crippen LogP contribution in [0.5, 0.6) is 0 Å². The van der Waals surface area contributed by atoms with Crippen molar-refractivity contribution in [2.24, 2.45) is 5.92 Å². The van der Waals surface area contributed by atoms with E-state index in [0.717, 1.165) is 25.7 Å². The van der Waals surface area contributed by atoms with Crippen LogP contribution >= 0.6 is 0 Å². The lowest BCUT2D eigenvalue weighted by Crippen LogP contribution is -2.52. The molecule has 0 bridgehead atoms. The first-order chi connectivity index (χ1) is 10.3. The Balaban J connectivity index is 1.98. The zero-order valence-electron chi connectivity index (χ0n) is 14.0. The van der Waals surface area contributed by atoms with Gasteiger partial charge in [0.15, 0.2) is 9.84 Å². The largest absolute Gasteiger partial charge is 0.372 e. The lowest BCUT2D eigenvalue weighted by Gasteiger charge is -2.36. The van der Waals surface area contributed by atoms with E-state index in [2.05, 4.69) is 0 Å². The fourth-order valence-electron chi connectivity index (χ4n) is 3.60. The molecule has 22 heavy (non-hydrogen) atoms. The van der Waals surface area contributed by atoms with Crippen LogP contribution in [-0.2, 0) is 19.4 Å². The molecule has 2 rings (SSSR count). The van der Waals surface area contributed by atoms with Gasteiger partial charge in [-0.1, -0.05) is 19.3 Å². The van der Waals surface area contributed by atoms with Crippen molar-refractivity contribution < 1.29 is 17.9 Å². The summed E-state index contributed by atoms with van der Waals surface area (Å²) in [6.45, 7) is 6.33. The molecule has 0 radical (unpaired) electrons. The Hall–Kier alpha value is -0.620. The molecule has 128 valence electrons. The summed E-state index contributed by atoms with van der Waals surface area (Å²) in [5.41, 5.74) is 0. The van der Waals surface area contributed by atoms with Crippen LogP contribution in [0.25, 0.3) is 0 Å². The van der Waals surface area contributed by atoms with Gasteiger partial charge in [0.2, 0.25) is 5.91 Å². The second kappa shape index (κ2) is 7.30. The summed E-state index contributed by atoms with van der Waals surface area (Å²) in [7, 11) is -3.38. The molecular formula is C16H29NO4S. The number of nitrogens with zero attached hydrogens (tertiary/aromatic N) is 1. The quantitative estimate of drug-likeness (QED) is 0.790. The van der Waals surface area contributed by atoms with E-state index >= 15 is 0 Å². The number of sulfone groups is 1. The fourth-order valence-corrected chi connectivity index (χ4v) is 5.33. The van der Waals surface area contributed by atoms with E-state index in [1.54, 1.807) is 11.8 Å². The summed E-state index contributed by atoms with van der Waals surface area (Å²) in [5.74, 6) is 0.129. The number of hydrogen-bond acceptors (Lipinski definition) is 4. The second-order valence-electron chi connectivity index (χ2n) is 6.98. The van der Waals surface area contributed by atoms with Gasteiger partial charge in [-0.25, -0.2) is 8.42 Å². The zero-order valence-corrected chi connectivity index (χ0v) is 14.8. The van der Waals surface area contributed by atoms with Gasteiger partial charge in [0, 0.05) is 13.1 Å². The maximum absolute atomic E-state index is 12.6. The molecule has 0 aromatic rings. The van der Waals surface area contributed by atoms with E-state index in [4.69, 9.17) is 4.74 Å². The Kier molecular flexibility index (Phi) is 5.88. The first-order valence-corrected chi connectivity index (χ1v) is 10.2. The molecule has 0 spiro atoms. The van der Waals surface area contributed by atoms with Crippen molar-refractivity contribution in [3.05, 3.63) is 0 Å². The molecule has 1 aliphatic carbocycles. The van der Waals surface area contributed by atoms with Crippen LogP contribution in [0.1, 0.15) is 52.9 Å². The highest BCUT2D eigenvalue weighted by Crippen LogP contribution is 2.26. The minimum absolute atomic E-state index is 0.0408. The third-order valence-electron chi connectivity index (χ3n) is 4.81. The molecule has 1 aliphatic heterocycles. The Morgan fingerprint density at radius 1 is 1.14 bits per heavy atom. The highest BCUT2D eigenvalue weighted by atomic mass is 32.2. The van der Waals surface area contributed by atoms with Gasteiger partial charge in [0.25, 0.3) is 0 Å². The van der Waals surface area contributed by atoms with Gasteiger partial charge in [-0.3, -0.25) is 4.79 Å². The maximum atomic E-state index is 12.6. The van der Waals surface area contributed by atoms with E-state index < -0.39 is 15.1 Å². The number of morpholine rings is 1. The average Bonchev–Trinajstić information content (AvgIpc) is 2.45. The van der Waals surface area contributed by atoms with Crippen molar-refractivity contribution in [3.8, 4) is 0 Å². The maximum Gasteiger partial charge on any atom is 0.240 e. The standard InChI is InChI=1S/C16H29NO4S/c1-12-9-17(10-13(2)21-12)16(18)14(3)22(19,20)11-15-7-5-4-6-8-15/h12-15H,4-11H2,1-3H3/t12-,13-,14+/m1/s1. The van der Waals surface area contributed by atoms with Crippen molar-refractivity contribution in [1.29, 1.82) is 0 Å². The van der Waals surface area contributed by atoms with Crippen molar-refractivity contribution in [3.63, 3.8) is 0 Å². The average molecular weight is 331 g/mol. The van der Waals surface area contributed by atoms with Crippen LogP contribution in [0.15, 0.2) is 0 Å². The van der Waals surface area contributed by atoms with Crippen LogP contribution in [-0.4, -0.2) is 55.5 Å². The SMILES string of the molecule is C[C@@H]1CN(C(=O)[C@H](C)S(=O)(=O)CC2CCCCC2)C[C@@H](C)O1. The van der Waals surface area contributed by atoms with Crippen molar-refractivity contribution in [1.82, 2.24) is 4.90 Å². The third-order valence-corrected chi connectivity index (χ3v) is 7.03. The van der Waals surface area contributed by atoms with Crippen LogP contribution in [0.4, 0.5) is 0 Å². The van der Waals surface area contributed by atoms with Gasteiger partial charge in [-0.2, -0.15) is 0 Å².